The van der Waals surface area contributed by atoms with Crippen LogP contribution in [0, 0.1) is 5.92 Å². The van der Waals surface area contributed by atoms with Gasteiger partial charge in [0.1, 0.15) is 11.6 Å². The molecule has 1 aromatic heterocycles. The number of piperidine rings is 1. The Labute approximate surface area is 125 Å². The van der Waals surface area contributed by atoms with Crippen molar-refractivity contribution in [3.05, 3.63) is 6.07 Å². The lowest BCUT2D eigenvalue weighted by Gasteiger charge is -2.27. The first kappa shape index (κ1) is 13.1. The molecule has 1 aromatic rings. The van der Waals surface area contributed by atoms with Crippen LogP contribution in [0.25, 0.3) is 0 Å². The topological polar surface area (TPSA) is 79.1 Å². The Bertz CT molecular complexity index is 501. The largest absolute Gasteiger partial charge is 0.368 e. The zero-order chi connectivity index (χ0) is 14.2. The van der Waals surface area contributed by atoms with Crippen molar-refractivity contribution in [3.63, 3.8) is 0 Å². The predicted molar refractivity (Wildman–Crippen MR) is 84.4 cm³/mol. The van der Waals surface area contributed by atoms with Crippen molar-refractivity contribution in [2.45, 2.75) is 44.2 Å². The zero-order valence-electron chi connectivity index (χ0n) is 12.4. The van der Waals surface area contributed by atoms with E-state index in [1.807, 2.05) is 0 Å². The van der Waals surface area contributed by atoms with Gasteiger partial charge in [-0.2, -0.15) is 9.97 Å². The number of hydrogen-bond donors (Lipinski definition) is 3. The van der Waals surface area contributed by atoms with Crippen molar-refractivity contribution in [1.29, 1.82) is 0 Å². The molecule has 4 N–H and O–H groups in total. The van der Waals surface area contributed by atoms with Gasteiger partial charge in [-0.3, -0.25) is 0 Å². The lowest BCUT2D eigenvalue weighted by atomic mass is 9.93. The second-order valence-corrected chi connectivity index (χ2v) is 6.61. The van der Waals surface area contributed by atoms with Gasteiger partial charge >= 0.3 is 0 Å². The number of fused-ring (bicyclic) bond motifs is 1. The number of nitrogens with two attached hydrogens (primary N) is 1. The maximum absolute atomic E-state index is 5.90. The minimum atomic E-state index is 0.372. The molecule has 1 saturated carbocycles. The fraction of sp³-hybridized carbons (Fsp3) is 0.733. The van der Waals surface area contributed by atoms with Gasteiger partial charge in [0.25, 0.3) is 0 Å². The van der Waals surface area contributed by atoms with Gasteiger partial charge in [0.05, 0.1) is 0 Å². The van der Waals surface area contributed by atoms with E-state index in [0.29, 0.717) is 18.0 Å². The average molecular weight is 288 g/mol. The fourth-order valence-corrected chi connectivity index (χ4v) is 3.68. The second-order valence-electron chi connectivity index (χ2n) is 6.61. The van der Waals surface area contributed by atoms with Crippen LogP contribution < -0.4 is 21.3 Å². The van der Waals surface area contributed by atoms with E-state index < -0.39 is 0 Å². The van der Waals surface area contributed by atoms with E-state index in [4.69, 9.17) is 5.73 Å². The van der Waals surface area contributed by atoms with E-state index in [0.717, 1.165) is 37.2 Å². The monoisotopic (exact) mass is 288 g/mol. The van der Waals surface area contributed by atoms with Crippen LogP contribution in [0.3, 0.4) is 0 Å². The standard InChI is InChI=1S/C15H24N6/c16-15-19-13(18-11-4-1-5-11)7-14(20-15)21-8-10-3-2-6-17-12(10)9-21/h7,10-12,17H,1-6,8-9H2,(H3,16,18,19,20)/t10-,12+/m0/s1. The lowest BCUT2D eigenvalue weighted by molar-refractivity contribution is 0.340. The van der Waals surface area contributed by atoms with Crippen LogP contribution >= 0.6 is 0 Å². The summed E-state index contributed by atoms with van der Waals surface area (Å²) in [6.45, 7) is 3.26. The summed E-state index contributed by atoms with van der Waals surface area (Å²) in [4.78, 5) is 11.1. The normalized spacial score (nSPS) is 29.0. The first-order valence-corrected chi connectivity index (χ1v) is 8.17. The molecule has 0 bridgehead atoms. The van der Waals surface area contributed by atoms with Gasteiger partial charge in [0.15, 0.2) is 0 Å². The molecule has 114 valence electrons. The molecule has 0 aromatic carbocycles. The molecule has 0 unspecified atom stereocenters. The summed E-state index contributed by atoms with van der Waals surface area (Å²) in [5.74, 6) is 2.97. The molecule has 3 fully saturated rings. The highest BCUT2D eigenvalue weighted by Gasteiger charge is 2.35. The van der Waals surface area contributed by atoms with Gasteiger partial charge in [-0.25, -0.2) is 0 Å². The quantitative estimate of drug-likeness (QED) is 0.776. The van der Waals surface area contributed by atoms with Crippen LogP contribution in [0.1, 0.15) is 32.1 Å². The van der Waals surface area contributed by atoms with Crippen molar-refractivity contribution in [2.75, 3.05) is 35.6 Å². The maximum atomic E-state index is 5.90. The number of aromatic nitrogens is 2. The molecular formula is C15H24N6. The third-order valence-electron chi connectivity index (χ3n) is 5.11. The molecule has 3 aliphatic rings. The summed E-state index contributed by atoms with van der Waals surface area (Å²) in [7, 11) is 0. The van der Waals surface area contributed by atoms with E-state index in [-0.39, 0.29) is 0 Å². The Kier molecular flexibility index (Phi) is 3.33. The molecule has 2 aliphatic heterocycles. The Hall–Kier alpha value is -1.56. The fourth-order valence-electron chi connectivity index (χ4n) is 3.68. The molecule has 2 saturated heterocycles. The van der Waals surface area contributed by atoms with Crippen LogP contribution in [-0.2, 0) is 0 Å². The van der Waals surface area contributed by atoms with Gasteiger partial charge in [0.2, 0.25) is 5.95 Å². The van der Waals surface area contributed by atoms with Gasteiger partial charge in [-0.05, 0) is 44.6 Å². The van der Waals surface area contributed by atoms with Gasteiger partial charge in [0, 0.05) is 31.2 Å². The molecule has 0 spiro atoms. The molecule has 3 heterocycles. The Balaban J connectivity index is 1.51. The van der Waals surface area contributed by atoms with Crippen molar-refractivity contribution in [3.8, 4) is 0 Å². The molecule has 6 heteroatoms. The van der Waals surface area contributed by atoms with Crippen molar-refractivity contribution in [2.24, 2.45) is 5.92 Å². The molecule has 6 nitrogen and oxygen atoms in total. The number of rotatable bonds is 3. The number of nitrogens with one attached hydrogen (secondary N) is 2. The van der Waals surface area contributed by atoms with E-state index >= 15 is 0 Å². The molecular weight excluding hydrogens is 264 g/mol. The zero-order valence-corrected chi connectivity index (χ0v) is 12.4. The Morgan fingerprint density at radius 2 is 2.10 bits per heavy atom. The summed E-state index contributed by atoms with van der Waals surface area (Å²) in [5, 5.41) is 7.10. The molecule has 1 aliphatic carbocycles. The van der Waals surface area contributed by atoms with Crippen LogP contribution in [-0.4, -0.2) is 41.7 Å². The van der Waals surface area contributed by atoms with Crippen molar-refractivity contribution < 1.29 is 0 Å². The average Bonchev–Trinajstić information content (AvgIpc) is 2.86. The van der Waals surface area contributed by atoms with E-state index in [2.05, 4.69) is 31.6 Å². The molecule has 0 radical (unpaired) electrons. The number of hydrogen-bond acceptors (Lipinski definition) is 6. The SMILES string of the molecule is Nc1nc(NC2CCC2)cc(N2C[C@@H]3CCCN[C@@H]3C2)n1. The summed E-state index contributed by atoms with van der Waals surface area (Å²) < 4.78 is 0. The summed E-state index contributed by atoms with van der Waals surface area (Å²) in [5.41, 5.74) is 5.90. The summed E-state index contributed by atoms with van der Waals surface area (Å²) in [6, 6.07) is 3.24. The van der Waals surface area contributed by atoms with Crippen LogP contribution in [0.4, 0.5) is 17.6 Å². The predicted octanol–water partition coefficient (Wildman–Crippen LogP) is 1.21. The second kappa shape index (κ2) is 5.33. The van der Waals surface area contributed by atoms with Crippen LogP contribution in [0.5, 0.6) is 0 Å². The lowest BCUT2D eigenvalue weighted by Crippen LogP contribution is -2.40. The smallest absolute Gasteiger partial charge is 0.223 e. The maximum Gasteiger partial charge on any atom is 0.223 e. The van der Waals surface area contributed by atoms with E-state index in [1.165, 1.54) is 32.1 Å². The third kappa shape index (κ3) is 2.64. The highest BCUT2D eigenvalue weighted by molar-refractivity contribution is 5.54. The van der Waals surface area contributed by atoms with Crippen molar-refractivity contribution in [1.82, 2.24) is 15.3 Å². The van der Waals surface area contributed by atoms with Crippen molar-refractivity contribution >= 4 is 17.6 Å². The van der Waals surface area contributed by atoms with Gasteiger partial charge in [-0.15, -0.1) is 0 Å². The third-order valence-corrected chi connectivity index (χ3v) is 5.11. The van der Waals surface area contributed by atoms with Crippen LogP contribution in [0.2, 0.25) is 0 Å². The first-order valence-electron chi connectivity index (χ1n) is 8.17. The molecule has 0 amide bonds. The molecule has 4 rings (SSSR count). The molecule has 2 atom stereocenters. The highest BCUT2D eigenvalue weighted by Crippen LogP contribution is 2.30. The number of nitrogens with zero attached hydrogens (tertiary/aromatic N) is 3. The summed E-state index contributed by atoms with van der Waals surface area (Å²) in [6.07, 6.45) is 6.39. The minimum absolute atomic E-state index is 0.372. The minimum Gasteiger partial charge on any atom is -0.368 e. The Morgan fingerprint density at radius 1 is 1.19 bits per heavy atom. The van der Waals surface area contributed by atoms with E-state index in [1.54, 1.807) is 0 Å². The highest BCUT2D eigenvalue weighted by atomic mass is 15.3. The van der Waals surface area contributed by atoms with Gasteiger partial charge < -0.3 is 21.3 Å². The number of nitrogen functional groups attached to an aromatic ring is 1. The van der Waals surface area contributed by atoms with Crippen LogP contribution in [0.15, 0.2) is 6.07 Å². The summed E-state index contributed by atoms with van der Waals surface area (Å²) >= 11 is 0. The van der Waals surface area contributed by atoms with Gasteiger partial charge in [-0.1, -0.05) is 0 Å². The first-order chi connectivity index (χ1) is 10.3. The Morgan fingerprint density at radius 3 is 2.86 bits per heavy atom. The molecule has 21 heavy (non-hydrogen) atoms. The number of anilines is 3. The van der Waals surface area contributed by atoms with E-state index in [9.17, 15) is 0 Å².